The van der Waals surface area contributed by atoms with Crippen LogP contribution >= 0.6 is 0 Å². The van der Waals surface area contributed by atoms with Crippen LogP contribution in [0.1, 0.15) is 52.4 Å². The largest absolute Gasteiger partial charge is 0.395 e. The fraction of sp³-hybridized carbons (Fsp3) is 0.929. The fourth-order valence-corrected chi connectivity index (χ4v) is 2.57. The van der Waals surface area contributed by atoms with Gasteiger partial charge in [0.05, 0.1) is 6.61 Å². The second kappa shape index (κ2) is 8.35. The quantitative estimate of drug-likeness (QED) is 0.766. The van der Waals surface area contributed by atoms with Gasteiger partial charge in [0.1, 0.15) is 0 Å². The summed E-state index contributed by atoms with van der Waals surface area (Å²) in [6.45, 7) is 5.54. The normalized spacial score (nSPS) is 23.7. The van der Waals surface area contributed by atoms with Crippen LogP contribution in [0.3, 0.4) is 0 Å². The molecule has 18 heavy (non-hydrogen) atoms. The standard InChI is InChI=1S/C14H28N2O2/c1-3-4-9-16(10-11-17)14(18)15-13-8-6-5-7-12(13)2/h12-13,17H,3-11H2,1-2H3,(H,15,18). The molecule has 0 aromatic carbocycles. The minimum Gasteiger partial charge on any atom is -0.395 e. The van der Waals surface area contributed by atoms with E-state index >= 15 is 0 Å². The van der Waals surface area contributed by atoms with Crippen LogP contribution in [-0.2, 0) is 0 Å². The molecule has 1 aliphatic carbocycles. The number of urea groups is 1. The molecule has 2 N–H and O–H groups in total. The van der Waals surface area contributed by atoms with E-state index in [0.717, 1.165) is 25.8 Å². The van der Waals surface area contributed by atoms with E-state index in [4.69, 9.17) is 5.11 Å². The first kappa shape index (κ1) is 15.3. The maximum atomic E-state index is 12.2. The summed E-state index contributed by atoms with van der Waals surface area (Å²) in [4.78, 5) is 13.9. The average Bonchev–Trinajstić information content (AvgIpc) is 2.37. The summed E-state index contributed by atoms with van der Waals surface area (Å²) >= 11 is 0. The first-order valence-corrected chi connectivity index (χ1v) is 7.35. The summed E-state index contributed by atoms with van der Waals surface area (Å²) in [5.74, 6) is 0.574. The van der Waals surface area contributed by atoms with Crippen molar-refractivity contribution in [1.29, 1.82) is 0 Å². The van der Waals surface area contributed by atoms with E-state index in [0.29, 0.717) is 18.5 Å². The van der Waals surface area contributed by atoms with E-state index in [9.17, 15) is 4.79 Å². The van der Waals surface area contributed by atoms with Crippen molar-refractivity contribution < 1.29 is 9.90 Å². The van der Waals surface area contributed by atoms with Gasteiger partial charge >= 0.3 is 6.03 Å². The number of aliphatic hydroxyl groups excluding tert-OH is 1. The van der Waals surface area contributed by atoms with Crippen LogP contribution in [0.15, 0.2) is 0 Å². The zero-order valence-electron chi connectivity index (χ0n) is 11.8. The Kier molecular flexibility index (Phi) is 7.09. The molecule has 1 fully saturated rings. The van der Waals surface area contributed by atoms with Crippen molar-refractivity contribution in [2.75, 3.05) is 19.7 Å². The number of aliphatic hydroxyl groups is 1. The fourth-order valence-electron chi connectivity index (χ4n) is 2.57. The van der Waals surface area contributed by atoms with Gasteiger partial charge in [0.25, 0.3) is 0 Å². The summed E-state index contributed by atoms with van der Waals surface area (Å²) in [5.41, 5.74) is 0. The SMILES string of the molecule is CCCCN(CCO)C(=O)NC1CCCCC1C. The van der Waals surface area contributed by atoms with Crippen LogP contribution < -0.4 is 5.32 Å². The van der Waals surface area contributed by atoms with Crippen molar-refractivity contribution in [2.24, 2.45) is 5.92 Å². The van der Waals surface area contributed by atoms with Crippen molar-refractivity contribution >= 4 is 6.03 Å². The van der Waals surface area contributed by atoms with Gasteiger partial charge in [-0.15, -0.1) is 0 Å². The Morgan fingerprint density at radius 2 is 2.06 bits per heavy atom. The van der Waals surface area contributed by atoms with Gasteiger partial charge in [-0.3, -0.25) is 0 Å². The second-order valence-corrected chi connectivity index (χ2v) is 5.38. The molecule has 0 spiro atoms. The van der Waals surface area contributed by atoms with Gasteiger partial charge in [-0.2, -0.15) is 0 Å². The van der Waals surface area contributed by atoms with E-state index in [-0.39, 0.29) is 12.6 Å². The molecule has 1 saturated carbocycles. The van der Waals surface area contributed by atoms with E-state index in [2.05, 4.69) is 19.2 Å². The molecule has 2 amide bonds. The predicted octanol–water partition coefficient (Wildman–Crippen LogP) is 2.37. The molecular weight excluding hydrogens is 228 g/mol. The number of amides is 2. The Hall–Kier alpha value is -0.770. The average molecular weight is 256 g/mol. The van der Waals surface area contributed by atoms with Crippen LogP contribution in [0.4, 0.5) is 4.79 Å². The van der Waals surface area contributed by atoms with Crippen molar-refractivity contribution in [3.8, 4) is 0 Å². The highest BCUT2D eigenvalue weighted by atomic mass is 16.3. The third-order valence-electron chi connectivity index (χ3n) is 3.86. The first-order valence-electron chi connectivity index (χ1n) is 7.35. The van der Waals surface area contributed by atoms with Gasteiger partial charge < -0.3 is 15.3 Å². The number of carbonyl (C=O) groups is 1. The lowest BCUT2D eigenvalue weighted by Crippen LogP contribution is -2.49. The lowest BCUT2D eigenvalue weighted by atomic mass is 9.86. The summed E-state index contributed by atoms with van der Waals surface area (Å²) in [6.07, 6.45) is 6.85. The number of hydrogen-bond donors (Lipinski definition) is 2. The molecule has 1 aliphatic rings. The second-order valence-electron chi connectivity index (χ2n) is 5.38. The molecule has 0 aliphatic heterocycles. The van der Waals surface area contributed by atoms with Crippen LogP contribution in [0.5, 0.6) is 0 Å². The number of rotatable bonds is 6. The lowest BCUT2D eigenvalue weighted by Gasteiger charge is -2.32. The van der Waals surface area contributed by atoms with Gasteiger partial charge in [0.15, 0.2) is 0 Å². The number of nitrogens with one attached hydrogen (secondary N) is 1. The third-order valence-corrected chi connectivity index (χ3v) is 3.86. The van der Waals surface area contributed by atoms with Crippen molar-refractivity contribution in [2.45, 2.75) is 58.4 Å². The maximum absolute atomic E-state index is 12.2. The van der Waals surface area contributed by atoms with Crippen LogP contribution in [0.2, 0.25) is 0 Å². The highest BCUT2D eigenvalue weighted by molar-refractivity contribution is 5.74. The molecule has 2 atom stereocenters. The zero-order chi connectivity index (χ0) is 13.4. The van der Waals surface area contributed by atoms with Gasteiger partial charge in [-0.25, -0.2) is 4.79 Å². The predicted molar refractivity (Wildman–Crippen MR) is 73.5 cm³/mol. The molecule has 0 heterocycles. The number of carbonyl (C=O) groups excluding carboxylic acids is 1. The Labute approximate surface area is 111 Å². The molecule has 2 unspecified atom stereocenters. The number of hydrogen-bond acceptors (Lipinski definition) is 2. The Balaban J connectivity index is 2.43. The van der Waals surface area contributed by atoms with Crippen LogP contribution in [0.25, 0.3) is 0 Å². The molecule has 1 rings (SSSR count). The van der Waals surface area contributed by atoms with E-state index < -0.39 is 0 Å². The van der Waals surface area contributed by atoms with Crippen molar-refractivity contribution in [3.05, 3.63) is 0 Å². The highest BCUT2D eigenvalue weighted by Crippen LogP contribution is 2.23. The minimum absolute atomic E-state index is 0.00347. The Bertz CT molecular complexity index is 246. The highest BCUT2D eigenvalue weighted by Gasteiger charge is 2.24. The van der Waals surface area contributed by atoms with Gasteiger partial charge in [-0.05, 0) is 25.2 Å². The molecule has 4 heteroatoms. The van der Waals surface area contributed by atoms with Crippen LogP contribution in [-0.4, -0.2) is 41.8 Å². The molecule has 0 aromatic rings. The van der Waals surface area contributed by atoms with E-state index in [1.807, 2.05) is 0 Å². The zero-order valence-corrected chi connectivity index (χ0v) is 11.8. The number of unbranched alkanes of at least 4 members (excludes halogenated alkanes) is 1. The summed E-state index contributed by atoms with van der Waals surface area (Å²) in [5, 5.41) is 12.2. The smallest absolute Gasteiger partial charge is 0.317 e. The maximum Gasteiger partial charge on any atom is 0.317 e. The summed E-state index contributed by atoms with van der Waals surface area (Å²) in [6, 6.07) is 0.310. The molecule has 106 valence electrons. The first-order chi connectivity index (χ1) is 8.69. The topological polar surface area (TPSA) is 52.6 Å². The van der Waals surface area contributed by atoms with Gasteiger partial charge in [-0.1, -0.05) is 33.1 Å². The summed E-state index contributed by atoms with van der Waals surface area (Å²) in [7, 11) is 0. The molecule has 4 nitrogen and oxygen atoms in total. The van der Waals surface area contributed by atoms with Gasteiger partial charge in [0, 0.05) is 19.1 Å². The lowest BCUT2D eigenvalue weighted by molar-refractivity contribution is 0.165. The molecular formula is C14H28N2O2. The van der Waals surface area contributed by atoms with Crippen molar-refractivity contribution in [3.63, 3.8) is 0 Å². The van der Waals surface area contributed by atoms with E-state index in [1.165, 1.54) is 19.3 Å². The minimum atomic E-state index is -0.00347. The Morgan fingerprint density at radius 1 is 1.33 bits per heavy atom. The number of nitrogens with zero attached hydrogens (tertiary/aromatic N) is 1. The monoisotopic (exact) mass is 256 g/mol. The third kappa shape index (κ3) is 4.84. The van der Waals surface area contributed by atoms with Crippen LogP contribution in [0, 0.1) is 5.92 Å². The molecule has 0 saturated heterocycles. The molecule has 0 aromatic heterocycles. The van der Waals surface area contributed by atoms with Gasteiger partial charge in [0.2, 0.25) is 0 Å². The molecule has 0 bridgehead atoms. The molecule has 0 radical (unpaired) electrons. The van der Waals surface area contributed by atoms with E-state index in [1.54, 1.807) is 4.90 Å². The van der Waals surface area contributed by atoms with Crippen molar-refractivity contribution in [1.82, 2.24) is 10.2 Å². The summed E-state index contributed by atoms with van der Waals surface area (Å²) < 4.78 is 0. The Morgan fingerprint density at radius 3 is 2.67 bits per heavy atom.